The predicted molar refractivity (Wildman–Crippen MR) is 124 cm³/mol. The summed E-state index contributed by atoms with van der Waals surface area (Å²) in [6, 6.07) is 2.85. The largest absolute Gasteiger partial charge is 0.419 e. The van der Waals surface area contributed by atoms with Gasteiger partial charge in [-0.25, -0.2) is 23.7 Å². The highest BCUT2D eigenvalue weighted by atomic mass is 19.4. The van der Waals surface area contributed by atoms with Crippen LogP contribution < -0.4 is 15.5 Å². The molecule has 2 atom stereocenters. The smallest absolute Gasteiger partial charge is 0.379 e. The van der Waals surface area contributed by atoms with Gasteiger partial charge in [0.25, 0.3) is 5.92 Å². The van der Waals surface area contributed by atoms with Crippen molar-refractivity contribution in [3.8, 4) is 11.3 Å². The second-order valence-corrected chi connectivity index (χ2v) is 9.22. The molecule has 3 aromatic rings. The average Bonchev–Trinajstić information content (AvgIpc) is 3.11. The zero-order chi connectivity index (χ0) is 25.5. The molecular formula is C23H26F5N7O. The fourth-order valence-electron chi connectivity index (χ4n) is 4.67. The van der Waals surface area contributed by atoms with Crippen molar-refractivity contribution in [3.63, 3.8) is 0 Å². The lowest BCUT2D eigenvalue weighted by Gasteiger charge is -2.30. The maximum Gasteiger partial charge on any atom is 0.419 e. The average molecular weight is 511 g/mol. The van der Waals surface area contributed by atoms with Gasteiger partial charge in [0.15, 0.2) is 0 Å². The number of rotatable bonds is 4. The van der Waals surface area contributed by atoms with E-state index in [4.69, 9.17) is 4.74 Å². The summed E-state index contributed by atoms with van der Waals surface area (Å²) in [6.07, 6.45) is -2.24. The Labute approximate surface area is 203 Å². The third-order valence-electron chi connectivity index (χ3n) is 6.40. The molecule has 2 fully saturated rings. The van der Waals surface area contributed by atoms with Crippen LogP contribution in [0, 0.1) is 0 Å². The van der Waals surface area contributed by atoms with E-state index in [1.165, 1.54) is 6.20 Å². The van der Waals surface area contributed by atoms with Crippen molar-refractivity contribution >= 4 is 22.8 Å². The first-order valence-electron chi connectivity index (χ1n) is 11.7. The van der Waals surface area contributed by atoms with Crippen molar-refractivity contribution < 1.29 is 26.7 Å². The minimum Gasteiger partial charge on any atom is -0.379 e. The first-order chi connectivity index (χ1) is 17.1. The van der Waals surface area contributed by atoms with E-state index in [0.29, 0.717) is 36.3 Å². The minimum absolute atomic E-state index is 0.0980. The van der Waals surface area contributed by atoms with Gasteiger partial charge >= 0.3 is 6.18 Å². The number of fused-ring (bicyclic) bond motifs is 1. The lowest BCUT2D eigenvalue weighted by Crippen LogP contribution is -2.49. The maximum atomic E-state index is 13.9. The fraction of sp³-hybridized carbons (Fsp3) is 0.522. The van der Waals surface area contributed by atoms with Crippen LogP contribution in [0.2, 0.25) is 0 Å². The number of H-pyrrole nitrogens is 1. The fourth-order valence-corrected chi connectivity index (χ4v) is 4.67. The van der Waals surface area contributed by atoms with Gasteiger partial charge in [0.2, 0.25) is 5.95 Å². The number of hydrogen-bond acceptors (Lipinski definition) is 7. The van der Waals surface area contributed by atoms with Gasteiger partial charge in [-0.2, -0.15) is 13.2 Å². The summed E-state index contributed by atoms with van der Waals surface area (Å²) >= 11 is 0. The Kier molecular flexibility index (Phi) is 6.45. The van der Waals surface area contributed by atoms with E-state index >= 15 is 0 Å². The van der Waals surface area contributed by atoms with Gasteiger partial charge in [-0.15, -0.1) is 0 Å². The number of nitrogens with zero attached hydrogens (tertiary/aromatic N) is 4. The minimum atomic E-state index is -4.72. The van der Waals surface area contributed by atoms with Crippen molar-refractivity contribution in [1.82, 2.24) is 25.3 Å². The molecule has 0 amide bonds. The van der Waals surface area contributed by atoms with Gasteiger partial charge in [-0.1, -0.05) is 0 Å². The Balaban J connectivity index is 1.50. The Hall–Kier alpha value is -3.06. The van der Waals surface area contributed by atoms with Crippen LogP contribution in [-0.2, 0) is 10.9 Å². The Morgan fingerprint density at radius 2 is 2.06 bits per heavy atom. The SMILES string of the molecule is C[C@H]1COCCCN1c1ccc2c(-c3nc(N[C@@H]4CNCC(F)(F)C4)ncc3C(F)(F)F)c[nH]c2n1. The van der Waals surface area contributed by atoms with Gasteiger partial charge in [0.05, 0.1) is 24.9 Å². The number of ether oxygens (including phenoxy) is 1. The number of aromatic nitrogens is 4. The first-order valence-corrected chi connectivity index (χ1v) is 11.7. The van der Waals surface area contributed by atoms with Crippen molar-refractivity contribution in [2.45, 2.75) is 43.9 Å². The molecule has 0 aliphatic carbocycles. The van der Waals surface area contributed by atoms with E-state index in [2.05, 4.69) is 35.5 Å². The molecule has 5 rings (SSSR count). The van der Waals surface area contributed by atoms with Crippen molar-refractivity contribution in [2.75, 3.05) is 43.1 Å². The zero-order valence-corrected chi connectivity index (χ0v) is 19.5. The second-order valence-electron chi connectivity index (χ2n) is 9.22. The molecule has 3 N–H and O–H groups in total. The highest BCUT2D eigenvalue weighted by Crippen LogP contribution is 2.39. The highest BCUT2D eigenvalue weighted by molar-refractivity contribution is 5.94. The van der Waals surface area contributed by atoms with E-state index < -0.39 is 36.7 Å². The molecule has 0 aromatic carbocycles. The summed E-state index contributed by atoms with van der Waals surface area (Å²) in [5.41, 5.74) is -0.769. The normalized spacial score (nSPS) is 23.0. The summed E-state index contributed by atoms with van der Waals surface area (Å²) in [6.45, 7) is 3.77. The van der Waals surface area contributed by atoms with E-state index in [1.807, 2.05) is 6.92 Å². The monoisotopic (exact) mass is 511 g/mol. The molecule has 0 spiro atoms. The van der Waals surface area contributed by atoms with Crippen molar-refractivity contribution in [3.05, 3.63) is 30.1 Å². The summed E-state index contributed by atoms with van der Waals surface area (Å²) in [7, 11) is 0. The molecule has 2 aliphatic heterocycles. The standard InChI is InChI=1S/C23H26F5N7O/c1-13-11-36-6-2-5-35(13)18-4-3-15-16(9-30-20(15)33-18)19-17(23(26,27)28)10-31-21(34-19)32-14-7-22(24,25)12-29-8-14/h3-4,9-10,13-14,29H,2,5-8,11-12H2,1H3,(H,30,33)(H,31,32,34)/t13-,14-/m0/s1. The summed E-state index contributed by atoms with van der Waals surface area (Å²) in [4.78, 5) is 17.6. The van der Waals surface area contributed by atoms with Gasteiger partial charge in [-0.05, 0) is 25.5 Å². The van der Waals surface area contributed by atoms with Crippen LogP contribution in [0.4, 0.5) is 33.7 Å². The predicted octanol–water partition coefficient (Wildman–Crippen LogP) is 4.06. The number of aromatic amines is 1. The summed E-state index contributed by atoms with van der Waals surface area (Å²) < 4.78 is 74.7. The van der Waals surface area contributed by atoms with E-state index in [9.17, 15) is 22.0 Å². The van der Waals surface area contributed by atoms with Crippen LogP contribution in [0.5, 0.6) is 0 Å². The molecule has 5 heterocycles. The molecule has 0 bridgehead atoms. The van der Waals surface area contributed by atoms with Crippen molar-refractivity contribution in [1.29, 1.82) is 0 Å². The molecule has 13 heteroatoms. The van der Waals surface area contributed by atoms with Crippen LogP contribution in [0.1, 0.15) is 25.3 Å². The number of nitrogens with one attached hydrogen (secondary N) is 3. The number of hydrogen-bond donors (Lipinski definition) is 3. The second kappa shape index (κ2) is 9.43. The van der Waals surface area contributed by atoms with Gasteiger partial charge in [-0.3, -0.25) is 0 Å². The van der Waals surface area contributed by atoms with E-state index in [0.717, 1.165) is 13.0 Å². The lowest BCUT2D eigenvalue weighted by atomic mass is 10.0. The molecule has 2 saturated heterocycles. The van der Waals surface area contributed by atoms with Crippen LogP contribution in [0.3, 0.4) is 0 Å². The van der Waals surface area contributed by atoms with Crippen LogP contribution >= 0.6 is 0 Å². The molecular weight excluding hydrogens is 485 g/mol. The molecule has 194 valence electrons. The molecule has 0 saturated carbocycles. The van der Waals surface area contributed by atoms with Crippen LogP contribution in [0.15, 0.2) is 24.5 Å². The topological polar surface area (TPSA) is 91.0 Å². The Bertz CT molecular complexity index is 1230. The first kappa shape index (κ1) is 24.6. The molecule has 2 aliphatic rings. The van der Waals surface area contributed by atoms with Gasteiger partial charge in [0, 0.05) is 55.5 Å². The summed E-state index contributed by atoms with van der Waals surface area (Å²) in [5, 5.41) is 5.82. The summed E-state index contributed by atoms with van der Waals surface area (Å²) in [5.74, 6) is -2.39. The zero-order valence-electron chi connectivity index (χ0n) is 19.5. The molecule has 0 unspecified atom stereocenters. The van der Waals surface area contributed by atoms with Crippen LogP contribution in [-0.4, -0.2) is 70.8 Å². The highest BCUT2D eigenvalue weighted by Gasteiger charge is 2.38. The molecule has 3 aromatic heterocycles. The molecule has 36 heavy (non-hydrogen) atoms. The van der Waals surface area contributed by atoms with E-state index in [-0.39, 0.29) is 29.8 Å². The number of pyridine rings is 1. The number of halogens is 5. The van der Waals surface area contributed by atoms with Gasteiger partial charge in [0.1, 0.15) is 17.0 Å². The third-order valence-corrected chi connectivity index (χ3v) is 6.40. The molecule has 0 radical (unpaired) electrons. The van der Waals surface area contributed by atoms with Crippen molar-refractivity contribution in [2.24, 2.45) is 0 Å². The third kappa shape index (κ3) is 5.07. The lowest BCUT2D eigenvalue weighted by molar-refractivity contribution is -0.137. The molecule has 8 nitrogen and oxygen atoms in total. The Morgan fingerprint density at radius 1 is 1.22 bits per heavy atom. The van der Waals surface area contributed by atoms with Gasteiger partial charge < -0.3 is 25.3 Å². The number of anilines is 2. The maximum absolute atomic E-state index is 13.9. The number of piperidine rings is 1. The Morgan fingerprint density at radius 3 is 2.83 bits per heavy atom. The quantitative estimate of drug-likeness (QED) is 0.455. The van der Waals surface area contributed by atoms with Crippen LogP contribution in [0.25, 0.3) is 22.3 Å². The van der Waals surface area contributed by atoms with E-state index in [1.54, 1.807) is 12.1 Å². The number of alkyl halides is 5.